The molecular weight excluding hydrogens is 252 g/mol. The lowest BCUT2D eigenvalue weighted by Crippen LogP contribution is -2.16. The summed E-state index contributed by atoms with van der Waals surface area (Å²) in [6.07, 6.45) is 2.57. The molecule has 1 aromatic heterocycles. The van der Waals surface area contributed by atoms with Gasteiger partial charge >= 0.3 is 0 Å². The van der Waals surface area contributed by atoms with E-state index in [-0.39, 0.29) is 0 Å². The van der Waals surface area contributed by atoms with E-state index in [1.165, 1.54) is 6.20 Å². The van der Waals surface area contributed by atoms with Gasteiger partial charge in [-0.1, -0.05) is 25.6 Å². The molecule has 0 aliphatic heterocycles. The number of aromatic nitrogens is 1. The molecule has 17 heavy (non-hydrogen) atoms. The van der Waals surface area contributed by atoms with Gasteiger partial charge in [0.1, 0.15) is 13.8 Å². The molecule has 0 atom stereocenters. The molecule has 0 unspecified atom stereocenters. The van der Waals surface area contributed by atoms with E-state index >= 15 is 0 Å². The van der Waals surface area contributed by atoms with Crippen LogP contribution in [-0.4, -0.2) is 27.7 Å². The van der Waals surface area contributed by atoms with Crippen LogP contribution in [0.5, 0.6) is 0 Å². The van der Waals surface area contributed by atoms with Gasteiger partial charge in [0, 0.05) is 0 Å². The molecule has 1 N–H and O–H groups in total. The maximum atomic E-state index is 11.0. The molecule has 0 aromatic carbocycles. The maximum Gasteiger partial charge on any atom is 0.229 e. The van der Waals surface area contributed by atoms with Crippen molar-refractivity contribution in [3.05, 3.63) is 24.0 Å². The highest BCUT2D eigenvalue weighted by molar-refractivity contribution is 7.92. The lowest BCUT2D eigenvalue weighted by atomic mass is 10.3. The van der Waals surface area contributed by atoms with Crippen molar-refractivity contribution in [3.63, 3.8) is 0 Å². The number of nitrogens with one attached hydrogen (secondary N) is 1. The van der Waals surface area contributed by atoms with Crippen LogP contribution in [-0.2, 0) is 10.0 Å². The molecule has 0 saturated heterocycles. The van der Waals surface area contributed by atoms with E-state index in [0.717, 1.165) is 6.26 Å². The Bertz CT molecular complexity index is 548. The van der Waals surface area contributed by atoms with Crippen LogP contribution in [0.4, 0.5) is 5.69 Å². The molecule has 0 amide bonds. The predicted molar refractivity (Wildman–Crippen MR) is 72.9 cm³/mol. The predicted octanol–water partition coefficient (Wildman–Crippen LogP) is 1.68. The quantitative estimate of drug-likeness (QED) is 0.656. The number of pyridine rings is 1. The largest absolute Gasteiger partial charge is 0.282 e. The smallest absolute Gasteiger partial charge is 0.229 e. The van der Waals surface area contributed by atoms with Gasteiger partial charge in [0.2, 0.25) is 10.0 Å². The minimum absolute atomic E-state index is 0.450. The third kappa shape index (κ3) is 6.09. The van der Waals surface area contributed by atoms with Crippen molar-refractivity contribution in [2.45, 2.75) is 19.6 Å². The van der Waals surface area contributed by atoms with Crippen LogP contribution in [0.3, 0.4) is 0 Å². The fraction of sp³-hybridized carbons (Fsp3) is 0.364. The molecule has 1 aromatic rings. The highest BCUT2D eigenvalue weighted by Crippen LogP contribution is 2.07. The number of anilines is 1. The van der Waals surface area contributed by atoms with Crippen LogP contribution in [0.2, 0.25) is 19.6 Å². The summed E-state index contributed by atoms with van der Waals surface area (Å²) in [7, 11) is -4.65. The van der Waals surface area contributed by atoms with Crippen LogP contribution in [0, 0.1) is 11.5 Å². The van der Waals surface area contributed by atoms with E-state index in [9.17, 15) is 8.42 Å². The standard InChI is InChI=1S/C11H16N2O2SSi/c1-16(14,15)13-11-6-5-10(12-9-11)7-8-17(2,3)4/h5-6,9,13H,1-4H3. The summed E-state index contributed by atoms with van der Waals surface area (Å²) in [4.78, 5) is 4.09. The van der Waals surface area contributed by atoms with E-state index < -0.39 is 18.1 Å². The summed E-state index contributed by atoms with van der Waals surface area (Å²) in [6, 6.07) is 3.36. The topological polar surface area (TPSA) is 59.1 Å². The average Bonchev–Trinajstić information content (AvgIpc) is 2.13. The van der Waals surface area contributed by atoms with Gasteiger partial charge in [-0.25, -0.2) is 13.4 Å². The minimum Gasteiger partial charge on any atom is -0.282 e. The van der Waals surface area contributed by atoms with E-state index in [1.54, 1.807) is 12.1 Å². The maximum absolute atomic E-state index is 11.0. The SMILES string of the molecule is C[Si](C)(C)C#Cc1ccc(NS(C)(=O)=O)cn1. The monoisotopic (exact) mass is 268 g/mol. The Hall–Kier alpha value is -1.32. The van der Waals surface area contributed by atoms with E-state index in [1.807, 2.05) is 0 Å². The van der Waals surface area contributed by atoms with E-state index in [2.05, 4.69) is 40.8 Å². The average molecular weight is 268 g/mol. The highest BCUT2D eigenvalue weighted by atomic mass is 32.2. The lowest BCUT2D eigenvalue weighted by Gasteiger charge is -2.04. The van der Waals surface area contributed by atoms with Gasteiger partial charge in [0.05, 0.1) is 18.1 Å². The highest BCUT2D eigenvalue weighted by Gasteiger charge is 2.07. The summed E-state index contributed by atoms with van der Waals surface area (Å²) < 4.78 is 24.3. The number of hydrogen-bond acceptors (Lipinski definition) is 3. The second kappa shape index (κ2) is 4.90. The first kappa shape index (κ1) is 13.7. The Morgan fingerprint density at radius 3 is 2.35 bits per heavy atom. The zero-order valence-corrected chi connectivity index (χ0v) is 12.2. The van der Waals surface area contributed by atoms with Crippen molar-refractivity contribution in [1.82, 2.24) is 4.98 Å². The number of nitrogens with zero attached hydrogens (tertiary/aromatic N) is 1. The molecule has 1 rings (SSSR count). The van der Waals surface area contributed by atoms with Crippen LogP contribution in [0.25, 0.3) is 0 Å². The Kier molecular flexibility index (Phi) is 3.96. The molecule has 0 aliphatic carbocycles. The van der Waals surface area contributed by atoms with Crippen molar-refractivity contribution < 1.29 is 8.42 Å². The van der Waals surface area contributed by atoms with Crippen molar-refractivity contribution in [3.8, 4) is 11.5 Å². The van der Waals surface area contributed by atoms with Gasteiger partial charge in [-0.3, -0.25) is 4.72 Å². The fourth-order valence-corrected chi connectivity index (χ4v) is 2.05. The fourth-order valence-electron chi connectivity index (χ4n) is 0.994. The second-order valence-electron chi connectivity index (χ2n) is 4.81. The number of rotatable bonds is 2. The first-order valence-corrected chi connectivity index (χ1v) is 10.5. The van der Waals surface area contributed by atoms with Gasteiger partial charge in [-0.15, -0.1) is 5.54 Å². The Morgan fingerprint density at radius 2 is 1.94 bits per heavy atom. The van der Waals surface area contributed by atoms with Crippen LogP contribution in [0.1, 0.15) is 5.69 Å². The molecular formula is C11H16N2O2SSi. The van der Waals surface area contributed by atoms with Crippen LogP contribution < -0.4 is 4.72 Å². The molecule has 0 bridgehead atoms. The number of hydrogen-bond donors (Lipinski definition) is 1. The second-order valence-corrected chi connectivity index (χ2v) is 11.3. The number of sulfonamides is 1. The molecule has 0 radical (unpaired) electrons. The molecule has 0 aliphatic rings. The summed E-state index contributed by atoms with van der Waals surface area (Å²) >= 11 is 0. The minimum atomic E-state index is -3.24. The van der Waals surface area contributed by atoms with Gasteiger partial charge in [-0.05, 0) is 12.1 Å². The molecule has 1 heterocycles. The summed E-state index contributed by atoms with van der Waals surface area (Å²) in [5.74, 6) is 3.00. The van der Waals surface area contributed by atoms with Crippen molar-refractivity contribution >= 4 is 23.8 Å². The van der Waals surface area contributed by atoms with Crippen molar-refractivity contribution in [2.24, 2.45) is 0 Å². The van der Waals surface area contributed by atoms with Gasteiger partial charge in [0.15, 0.2) is 0 Å². The summed E-state index contributed by atoms with van der Waals surface area (Å²) in [5.41, 5.74) is 4.30. The first-order valence-electron chi connectivity index (χ1n) is 5.13. The molecule has 0 spiro atoms. The van der Waals surface area contributed by atoms with Crippen molar-refractivity contribution in [1.29, 1.82) is 0 Å². The molecule has 4 nitrogen and oxygen atoms in total. The molecule has 6 heteroatoms. The molecule has 0 fully saturated rings. The van der Waals surface area contributed by atoms with E-state index in [0.29, 0.717) is 11.4 Å². The van der Waals surface area contributed by atoms with Gasteiger partial charge < -0.3 is 0 Å². The Balaban J connectivity index is 2.85. The van der Waals surface area contributed by atoms with Gasteiger partial charge in [-0.2, -0.15) is 0 Å². The zero-order valence-electron chi connectivity index (χ0n) is 10.4. The third-order valence-corrected chi connectivity index (χ3v) is 3.11. The van der Waals surface area contributed by atoms with Crippen molar-refractivity contribution in [2.75, 3.05) is 11.0 Å². The van der Waals surface area contributed by atoms with Crippen LogP contribution >= 0.6 is 0 Å². The normalized spacial score (nSPS) is 11.5. The third-order valence-electron chi connectivity index (χ3n) is 1.63. The Morgan fingerprint density at radius 1 is 1.29 bits per heavy atom. The lowest BCUT2D eigenvalue weighted by molar-refractivity contribution is 0.607. The summed E-state index contributed by atoms with van der Waals surface area (Å²) in [6.45, 7) is 6.46. The zero-order chi connectivity index (χ0) is 13.1. The van der Waals surface area contributed by atoms with Gasteiger partial charge in [0.25, 0.3) is 0 Å². The molecule has 92 valence electrons. The summed E-state index contributed by atoms with van der Waals surface area (Å²) in [5, 5.41) is 0. The van der Waals surface area contributed by atoms with Crippen LogP contribution in [0.15, 0.2) is 18.3 Å². The molecule has 0 saturated carbocycles. The first-order chi connectivity index (χ1) is 7.66. The Labute approximate surface area is 104 Å². The van der Waals surface area contributed by atoms with E-state index in [4.69, 9.17) is 0 Å².